The van der Waals surface area contributed by atoms with E-state index in [0.717, 1.165) is 12.0 Å². The Bertz CT molecular complexity index is 684. The van der Waals surface area contributed by atoms with Gasteiger partial charge in [0.25, 0.3) is 0 Å². The summed E-state index contributed by atoms with van der Waals surface area (Å²) in [5, 5.41) is 2.84. The minimum atomic E-state index is -0.345. The Morgan fingerprint density at radius 1 is 1.04 bits per heavy atom. The third-order valence-corrected chi connectivity index (χ3v) is 3.55. The molecule has 2 aromatic rings. The van der Waals surface area contributed by atoms with E-state index in [4.69, 9.17) is 4.74 Å². The number of hydrogen-bond donors (Lipinski definition) is 1. The first-order valence-electron chi connectivity index (χ1n) is 8.38. The molecule has 132 valence electrons. The number of nitrogens with zero attached hydrogens (tertiary/aromatic N) is 1. The maximum atomic E-state index is 12.1. The summed E-state index contributed by atoms with van der Waals surface area (Å²) < 4.78 is 5.07. The minimum Gasteiger partial charge on any atom is -0.462 e. The highest BCUT2D eigenvalue weighted by Crippen LogP contribution is 2.11. The predicted molar refractivity (Wildman–Crippen MR) is 98.4 cm³/mol. The third-order valence-electron chi connectivity index (χ3n) is 3.55. The van der Waals surface area contributed by atoms with Crippen molar-refractivity contribution in [3.05, 3.63) is 65.7 Å². The van der Waals surface area contributed by atoms with Gasteiger partial charge >= 0.3 is 5.97 Å². The minimum absolute atomic E-state index is 0.0975. The molecule has 5 nitrogen and oxygen atoms in total. The molecule has 0 aromatic heterocycles. The number of esters is 1. The normalized spacial score (nSPS) is 10.5. The van der Waals surface area contributed by atoms with E-state index in [2.05, 4.69) is 5.32 Å². The number of carbonyl (C=O) groups excluding carboxylic acids is 2. The number of anilines is 1. The molecule has 0 aliphatic carbocycles. The largest absolute Gasteiger partial charge is 0.462 e. The number of likely N-dealkylation sites (N-methyl/N-ethyl adjacent to an activating group) is 1. The van der Waals surface area contributed by atoms with Gasteiger partial charge in [-0.15, -0.1) is 0 Å². The zero-order valence-electron chi connectivity index (χ0n) is 14.7. The molecule has 0 saturated heterocycles. The number of carbonyl (C=O) groups is 2. The molecule has 0 unspecified atom stereocenters. The van der Waals surface area contributed by atoms with Crippen LogP contribution >= 0.6 is 0 Å². The molecule has 0 saturated carbocycles. The first-order chi connectivity index (χ1) is 12.1. The van der Waals surface area contributed by atoms with Gasteiger partial charge < -0.3 is 10.1 Å². The van der Waals surface area contributed by atoms with Crippen LogP contribution in [-0.4, -0.2) is 37.0 Å². The van der Waals surface area contributed by atoms with Crippen molar-refractivity contribution in [3.8, 4) is 0 Å². The number of benzene rings is 2. The second-order valence-electron chi connectivity index (χ2n) is 5.92. The Balaban J connectivity index is 1.82. The maximum Gasteiger partial charge on any atom is 0.338 e. The van der Waals surface area contributed by atoms with E-state index >= 15 is 0 Å². The summed E-state index contributed by atoms with van der Waals surface area (Å²) in [5.74, 6) is -0.443. The highest BCUT2D eigenvalue weighted by Gasteiger charge is 2.09. The van der Waals surface area contributed by atoms with Crippen molar-refractivity contribution >= 4 is 17.6 Å². The zero-order valence-corrected chi connectivity index (χ0v) is 14.7. The third kappa shape index (κ3) is 6.39. The second-order valence-corrected chi connectivity index (χ2v) is 5.92. The van der Waals surface area contributed by atoms with Crippen molar-refractivity contribution in [2.45, 2.75) is 19.9 Å². The number of nitrogens with one attached hydrogen (secondary N) is 1. The van der Waals surface area contributed by atoms with Crippen LogP contribution in [-0.2, 0) is 16.1 Å². The van der Waals surface area contributed by atoms with Gasteiger partial charge in [-0.2, -0.15) is 0 Å². The van der Waals surface area contributed by atoms with Crippen molar-refractivity contribution < 1.29 is 14.3 Å². The molecule has 5 heteroatoms. The molecule has 0 fully saturated rings. The molecule has 0 bridgehead atoms. The van der Waals surface area contributed by atoms with Gasteiger partial charge in [0, 0.05) is 12.2 Å². The zero-order chi connectivity index (χ0) is 18.1. The average molecular weight is 340 g/mol. The van der Waals surface area contributed by atoms with Gasteiger partial charge in [-0.05, 0) is 43.3 Å². The lowest BCUT2D eigenvalue weighted by Gasteiger charge is -2.16. The number of hydrogen-bond acceptors (Lipinski definition) is 4. The Hall–Kier alpha value is -2.66. The molecular weight excluding hydrogens is 316 g/mol. The fourth-order valence-electron chi connectivity index (χ4n) is 2.36. The Morgan fingerprint density at radius 2 is 1.72 bits per heavy atom. The Kier molecular flexibility index (Phi) is 7.16. The lowest BCUT2D eigenvalue weighted by molar-refractivity contribution is -0.117. The van der Waals surface area contributed by atoms with Gasteiger partial charge in [0.1, 0.15) is 0 Å². The molecule has 0 aliphatic heterocycles. The number of rotatable bonds is 8. The van der Waals surface area contributed by atoms with Gasteiger partial charge in [0.2, 0.25) is 5.91 Å². The van der Waals surface area contributed by atoms with Crippen LogP contribution in [0.2, 0.25) is 0 Å². The fourth-order valence-corrected chi connectivity index (χ4v) is 2.36. The van der Waals surface area contributed by atoms with Gasteiger partial charge in [0.05, 0.1) is 18.7 Å². The van der Waals surface area contributed by atoms with Crippen LogP contribution in [0.4, 0.5) is 5.69 Å². The molecule has 2 rings (SSSR count). The molecule has 1 amide bonds. The van der Waals surface area contributed by atoms with Gasteiger partial charge in [0.15, 0.2) is 0 Å². The summed E-state index contributed by atoms with van der Waals surface area (Å²) >= 11 is 0. The molecule has 2 aromatic carbocycles. The molecule has 0 aliphatic rings. The van der Waals surface area contributed by atoms with E-state index < -0.39 is 0 Å². The molecule has 0 spiro atoms. The van der Waals surface area contributed by atoms with E-state index in [1.165, 1.54) is 0 Å². The van der Waals surface area contributed by atoms with Crippen LogP contribution in [0, 0.1) is 0 Å². The predicted octanol–water partition coefficient (Wildman–Crippen LogP) is 3.32. The van der Waals surface area contributed by atoms with E-state index in [9.17, 15) is 9.59 Å². The van der Waals surface area contributed by atoms with Gasteiger partial charge in [-0.25, -0.2) is 4.79 Å². The smallest absolute Gasteiger partial charge is 0.338 e. The molecule has 0 atom stereocenters. The van der Waals surface area contributed by atoms with Gasteiger partial charge in [-0.3, -0.25) is 9.69 Å². The van der Waals surface area contributed by atoms with E-state index in [-0.39, 0.29) is 18.4 Å². The van der Waals surface area contributed by atoms with E-state index in [0.29, 0.717) is 24.4 Å². The van der Waals surface area contributed by atoms with Crippen molar-refractivity contribution in [1.29, 1.82) is 0 Å². The highest BCUT2D eigenvalue weighted by molar-refractivity contribution is 5.94. The summed E-state index contributed by atoms with van der Waals surface area (Å²) in [7, 11) is 1.90. The Morgan fingerprint density at radius 3 is 2.36 bits per heavy atom. The van der Waals surface area contributed by atoms with Crippen LogP contribution < -0.4 is 5.32 Å². The molecule has 25 heavy (non-hydrogen) atoms. The summed E-state index contributed by atoms with van der Waals surface area (Å²) in [6, 6.07) is 16.7. The topological polar surface area (TPSA) is 58.6 Å². The fraction of sp³-hybridized carbons (Fsp3) is 0.300. The first-order valence-corrected chi connectivity index (χ1v) is 8.38. The number of amides is 1. The monoisotopic (exact) mass is 340 g/mol. The van der Waals surface area contributed by atoms with Gasteiger partial charge in [-0.1, -0.05) is 37.3 Å². The van der Waals surface area contributed by atoms with Crippen molar-refractivity contribution in [3.63, 3.8) is 0 Å². The lowest BCUT2D eigenvalue weighted by Crippen LogP contribution is -2.29. The molecular formula is C20H24N2O3. The van der Waals surface area contributed by atoms with Crippen molar-refractivity contribution in [2.75, 3.05) is 25.5 Å². The standard InChI is InChI=1S/C20H24N2O3/c1-3-13-25-20(24)17-9-11-18(12-10-17)21-19(23)15-22(2)14-16-7-5-4-6-8-16/h4-12H,3,13-15H2,1-2H3,(H,21,23). The van der Waals surface area contributed by atoms with Crippen LogP contribution in [0.3, 0.4) is 0 Å². The molecule has 1 N–H and O–H groups in total. The second kappa shape index (κ2) is 9.59. The highest BCUT2D eigenvalue weighted by atomic mass is 16.5. The number of ether oxygens (including phenoxy) is 1. The first kappa shape index (κ1) is 18.7. The van der Waals surface area contributed by atoms with Crippen LogP contribution in [0.1, 0.15) is 29.3 Å². The lowest BCUT2D eigenvalue weighted by atomic mass is 10.2. The SMILES string of the molecule is CCCOC(=O)c1ccc(NC(=O)CN(C)Cc2ccccc2)cc1. The summed E-state index contributed by atoms with van der Waals surface area (Å²) in [6.45, 7) is 3.34. The van der Waals surface area contributed by atoms with Crippen LogP contribution in [0.25, 0.3) is 0 Å². The summed E-state index contributed by atoms with van der Waals surface area (Å²) in [4.78, 5) is 25.8. The quantitative estimate of drug-likeness (QED) is 0.749. The maximum absolute atomic E-state index is 12.1. The molecule has 0 heterocycles. The van der Waals surface area contributed by atoms with Crippen molar-refractivity contribution in [1.82, 2.24) is 4.90 Å². The summed E-state index contributed by atoms with van der Waals surface area (Å²) in [6.07, 6.45) is 0.788. The Labute approximate surface area is 148 Å². The van der Waals surface area contributed by atoms with Crippen LogP contribution in [0.5, 0.6) is 0 Å². The van der Waals surface area contributed by atoms with E-state index in [1.807, 2.05) is 49.2 Å². The summed E-state index contributed by atoms with van der Waals surface area (Å²) in [5.41, 5.74) is 2.30. The van der Waals surface area contributed by atoms with Crippen molar-refractivity contribution in [2.24, 2.45) is 0 Å². The average Bonchev–Trinajstić information content (AvgIpc) is 2.61. The van der Waals surface area contributed by atoms with E-state index in [1.54, 1.807) is 24.3 Å². The van der Waals surface area contributed by atoms with Crippen LogP contribution in [0.15, 0.2) is 54.6 Å². The molecule has 0 radical (unpaired) electrons.